The number of nitrogens with one attached hydrogen (secondary N) is 1. The highest BCUT2D eigenvalue weighted by Gasteiger charge is 2.30. The van der Waals surface area contributed by atoms with Gasteiger partial charge < -0.3 is 10.4 Å². The Morgan fingerprint density at radius 2 is 2.24 bits per heavy atom. The van der Waals surface area contributed by atoms with Crippen molar-refractivity contribution >= 4 is 11.7 Å². The summed E-state index contributed by atoms with van der Waals surface area (Å²) >= 11 is 0. The van der Waals surface area contributed by atoms with E-state index >= 15 is 0 Å². The number of anilines is 1. The quantitative estimate of drug-likeness (QED) is 0.820. The highest BCUT2D eigenvalue weighted by atomic mass is 16.4. The minimum Gasteiger partial charge on any atom is -0.478 e. The van der Waals surface area contributed by atoms with Gasteiger partial charge in [-0.25, -0.2) is 4.79 Å². The number of aromatic carboxylic acids is 1. The van der Waals surface area contributed by atoms with Crippen LogP contribution in [0, 0.1) is 12.8 Å². The lowest BCUT2D eigenvalue weighted by molar-refractivity contribution is 0.0696. The maximum atomic E-state index is 11.0. The predicted octanol–water partition coefficient (Wildman–Crippen LogP) is 3.29. The lowest BCUT2D eigenvalue weighted by Crippen LogP contribution is -2.21. The molecular formula is C14H19NO2. The Kier molecular flexibility index (Phi) is 3.36. The van der Waals surface area contributed by atoms with Crippen LogP contribution in [0.4, 0.5) is 5.69 Å². The summed E-state index contributed by atoms with van der Waals surface area (Å²) in [6, 6.07) is 5.91. The van der Waals surface area contributed by atoms with E-state index in [-0.39, 0.29) is 0 Å². The van der Waals surface area contributed by atoms with Crippen molar-refractivity contribution in [3.63, 3.8) is 0 Å². The maximum Gasteiger partial charge on any atom is 0.336 e. The molecule has 0 aromatic heterocycles. The van der Waals surface area contributed by atoms with Crippen LogP contribution in [0.25, 0.3) is 0 Å². The van der Waals surface area contributed by atoms with E-state index < -0.39 is 5.97 Å². The molecule has 1 atom stereocenters. The molecule has 0 amide bonds. The number of hydrogen-bond acceptors (Lipinski definition) is 2. The van der Waals surface area contributed by atoms with E-state index in [0.29, 0.717) is 11.6 Å². The van der Waals surface area contributed by atoms with Crippen molar-refractivity contribution < 1.29 is 9.90 Å². The Labute approximate surface area is 102 Å². The van der Waals surface area contributed by atoms with Gasteiger partial charge in [-0.05, 0) is 49.8 Å². The largest absolute Gasteiger partial charge is 0.478 e. The van der Waals surface area contributed by atoms with Crippen molar-refractivity contribution in [1.82, 2.24) is 0 Å². The van der Waals surface area contributed by atoms with Crippen LogP contribution in [0.3, 0.4) is 0 Å². The lowest BCUT2D eigenvalue weighted by Gasteiger charge is -2.20. The predicted molar refractivity (Wildman–Crippen MR) is 68.6 cm³/mol. The lowest BCUT2D eigenvalue weighted by atomic mass is 10.0. The number of carbonyl (C=O) groups is 1. The zero-order valence-corrected chi connectivity index (χ0v) is 10.4. The first kappa shape index (κ1) is 12.0. The Morgan fingerprint density at radius 3 is 2.76 bits per heavy atom. The highest BCUT2D eigenvalue weighted by molar-refractivity contribution is 5.91. The van der Waals surface area contributed by atoms with Gasteiger partial charge in [0.15, 0.2) is 0 Å². The van der Waals surface area contributed by atoms with Crippen LogP contribution in [0.1, 0.15) is 42.1 Å². The summed E-state index contributed by atoms with van der Waals surface area (Å²) in [5.41, 5.74) is 2.18. The van der Waals surface area contributed by atoms with Crippen LogP contribution in [0.2, 0.25) is 0 Å². The minimum absolute atomic E-state index is 0.389. The topological polar surface area (TPSA) is 49.3 Å². The maximum absolute atomic E-state index is 11.0. The van der Waals surface area contributed by atoms with Crippen LogP contribution in [0.5, 0.6) is 0 Å². The number of rotatable bonds is 5. The molecule has 3 heteroatoms. The second-order valence-corrected chi connectivity index (χ2v) is 4.78. The minimum atomic E-state index is -0.856. The molecule has 0 bridgehead atoms. The molecular weight excluding hydrogens is 214 g/mol. The van der Waals surface area contributed by atoms with Gasteiger partial charge in [-0.1, -0.05) is 13.0 Å². The number of benzene rings is 1. The number of carboxylic acids is 1. The second-order valence-electron chi connectivity index (χ2n) is 4.78. The van der Waals surface area contributed by atoms with Crippen molar-refractivity contribution in [2.24, 2.45) is 5.92 Å². The standard InChI is InChI=1S/C14H19NO2/c1-3-12(10-7-8-10)15-13-6-4-5-11(9(13)2)14(16)17/h4-6,10,12,15H,3,7-8H2,1-2H3,(H,16,17). The molecule has 0 aliphatic heterocycles. The Bertz CT molecular complexity index is 424. The molecule has 0 spiro atoms. The third kappa shape index (κ3) is 2.60. The van der Waals surface area contributed by atoms with Gasteiger partial charge in [0.2, 0.25) is 0 Å². The molecule has 0 heterocycles. The van der Waals surface area contributed by atoms with Crippen LogP contribution >= 0.6 is 0 Å². The smallest absolute Gasteiger partial charge is 0.336 e. The van der Waals surface area contributed by atoms with Crippen molar-refractivity contribution in [1.29, 1.82) is 0 Å². The summed E-state index contributed by atoms with van der Waals surface area (Å²) in [5, 5.41) is 12.6. The molecule has 0 saturated heterocycles. The van der Waals surface area contributed by atoms with E-state index in [2.05, 4.69) is 12.2 Å². The fourth-order valence-corrected chi connectivity index (χ4v) is 2.28. The van der Waals surface area contributed by atoms with Gasteiger partial charge in [-0.3, -0.25) is 0 Å². The SMILES string of the molecule is CCC(Nc1cccc(C(=O)O)c1C)C1CC1. The van der Waals surface area contributed by atoms with Crippen molar-refractivity contribution in [3.8, 4) is 0 Å². The van der Waals surface area contributed by atoms with Crippen LogP contribution in [-0.4, -0.2) is 17.1 Å². The molecule has 1 aromatic rings. The van der Waals surface area contributed by atoms with E-state index in [0.717, 1.165) is 23.6 Å². The first-order valence-electron chi connectivity index (χ1n) is 6.23. The summed E-state index contributed by atoms with van der Waals surface area (Å²) < 4.78 is 0. The van der Waals surface area contributed by atoms with E-state index in [1.54, 1.807) is 12.1 Å². The summed E-state index contributed by atoms with van der Waals surface area (Å²) in [6.45, 7) is 4.04. The zero-order chi connectivity index (χ0) is 12.4. The van der Waals surface area contributed by atoms with E-state index in [1.165, 1.54) is 12.8 Å². The normalized spacial score (nSPS) is 16.6. The molecule has 1 aliphatic rings. The molecule has 1 saturated carbocycles. The highest BCUT2D eigenvalue weighted by Crippen LogP contribution is 2.36. The van der Waals surface area contributed by atoms with Gasteiger partial charge in [0.05, 0.1) is 5.56 Å². The van der Waals surface area contributed by atoms with Crippen LogP contribution < -0.4 is 5.32 Å². The summed E-state index contributed by atoms with van der Waals surface area (Å²) in [5.74, 6) is -0.0847. The molecule has 2 N–H and O–H groups in total. The average molecular weight is 233 g/mol. The fourth-order valence-electron chi connectivity index (χ4n) is 2.28. The van der Waals surface area contributed by atoms with Crippen LogP contribution in [-0.2, 0) is 0 Å². The van der Waals surface area contributed by atoms with E-state index in [1.807, 2.05) is 13.0 Å². The van der Waals surface area contributed by atoms with Gasteiger partial charge in [0.1, 0.15) is 0 Å². The number of carboxylic acid groups (broad SMARTS) is 1. The molecule has 3 nitrogen and oxygen atoms in total. The fraction of sp³-hybridized carbons (Fsp3) is 0.500. The number of hydrogen-bond donors (Lipinski definition) is 2. The monoisotopic (exact) mass is 233 g/mol. The molecule has 0 radical (unpaired) electrons. The molecule has 92 valence electrons. The molecule has 1 aliphatic carbocycles. The Hall–Kier alpha value is -1.51. The summed E-state index contributed by atoms with van der Waals surface area (Å²) in [4.78, 5) is 11.0. The Balaban J connectivity index is 2.20. The average Bonchev–Trinajstić information content (AvgIpc) is 3.11. The second kappa shape index (κ2) is 4.78. The zero-order valence-electron chi connectivity index (χ0n) is 10.4. The third-order valence-electron chi connectivity index (χ3n) is 3.54. The molecule has 17 heavy (non-hydrogen) atoms. The molecule has 1 aromatic carbocycles. The van der Waals surface area contributed by atoms with Crippen molar-refractivity contribution in [2.75, 3.05) is 5.32 Å². The van der Waals surface area contributed by atoms with Crippen LogP contribution in [0.15, 0.2) is 18.2 Å². The molecule has 1 unspecified atom stereocenters. The van der Waals surface area contributed by atoms with Gasteiger partial charge in [-0.2, -0.15) is 0 Å². The van der Waals surface area contributed by atoms with Gasteiger partial charge in [0, 0.05) is 11.7 Å². The van der Waals surface area contributed by atoms with Gasteiger partial charge in [-0.15, -0.1) is 0 Å². The molecule has 1 fully saturated rings. The van der Waals surface area contributed by atoms with Gasteiger partial charge in [0.25, 0.3) is 0 Å². The van der Waals surface area contributed by atoms with E-state index in [4.69, 9.17) is 5.11 Å². The summed E-state index contributed by atoms with van der Waals surface area (Å²) in [6.07, 6.45) is 3.67. The first-order chi connectivity index (χ1) is 8.13. The molecule has 2 rings (SSSR count). The van der Waals surface area contributed by atoms with E-state index in [9.17, 15) is 4.79 Å². The third-order valence-corrected chi connectivity index (χ3v) is 3.54. The van der Waals surface area contributed by atoms with Gasteiger partial charge >= 0.3 is 5.97 Å². The first-order valence-corrected chi connectivity index (χ1v) is 6.23. The van der Waals surface area contributed by atoms with Crippen molar-refractivity contribution in [3.05, 3.63) is 29.3 Å². The van der Waals surface area contributed by atoms with Crippen molar-refractivity contribution in [2.45, 2.75) is 39.2 Å². The summed E-state index contributed by atoms with van der Waals surface area (Å²) in [7, 11) is 0. The Morgan fingerprint density at radius 1 is 1.53 bits per heavy atom.